The zero-order valence-electron chi connectivity index (χ0n) is 8.49. The Kier molecular flexibility index (Phi) is 2.02. The molecule has 2 N–H and O–H groups in total. The molecule has 3 nitrogen and oxygen atoms in total. The number of aromatic hydroxyl groups is 2. The summed E-state index contributed by atoms with van der Waals surface area (Å²) >= 11 is 0. The van der Waals surface area contributed by atoms with Gasteiger partial charge in [0.25, 0.3) is 0 Å². The third kappa shape index (κ3) is 1.29. The molecule has 0 amide bonds. The van der Waals surface area contributed by atoms with E-state index in [9.17, 15) is 10.2 Å². The van der Waals surface area contributed by atoms with Crippen molar-refractivity contribution < 1.29 is 10.2 Å². The topological polar surface area (TPSA) is 43.7 Å². The molecular weight excluding hydrogens is 178 g/mol. The van der Waals surface area contributed by atoms with Gasteiger partial charge in [-0.15, -0.1) is 0 Å². The minimum absolute atomic E-state index is 0.0191. The summed E-state index contributed by atoms with van der Waals surface area (Å²) in [6.45, 7) is 5.22. The van der Waals surface area contributed by atoms with Crippen molar-refractivity contribution in [2.24, 2.45) is 0 Å². The summed E-state index contributed by atoms with van der Waals surface area (Å²) in [4.78, 5) is 2.23. The van der Waals surface area contributed by atoms with Crippen molar-refractivity contribution in [1.82, 2.24) is 0 Å². The molecule has 0 atom stereocenters. The van der Waals surface area contributed by atoms with Crippen molar-refractivity contribution in [3.63, 3.8) is 0 Å². The molecule has 76 valence electrons. The van der Waals surface area contributed by atoms with Crippen LogP contribution in [0.2, 0.25) is 0 Å². The lowest BCUT2D eigenvalue weighted by Crippen LogP contribution is -2.28. The van der Waals surface area contributed by atoms with E-state index in [4.69, 9.17) is 0 Å². The van der Waals surface area contributed by atoms with Gasteiger partial charge in [0.05, 0.1) is 0 Å². The summed E-state index contributed by atoms with van der Waals surface area (Å²) in [5.74, 6) is -0.0503. The maximum absolute atomic E-state index is 9.41. The molecule has 1 aliphatic rings. The second-order valence-electron chi connectivity index (χ2n) is 4.01. The van der Waals surface area contributed by atoms with Crippen LogP contribution in [0.15, 0.2) is 12.1 Å². The van der Waals surface area contributed by atoms with Gasteiger partial charge in [-0.05, 0) is 31.9 Å². The number of phenolic OH excluding ortho intramolecular Hbond substituents is 2. The molecule has 0 fully saturated rings. The normalized spacial score (nSPS) is 14.9. The first-order valence-electron chi connectivity index (χ1n) is 4.91. The van der Waals surface area contributed by atoms with Gasteiger partial charge in [-0.1, -0.05) is 0 Å². The van der Waals surface area contributed by atoms with Crippen LogP contribution in [-0.2, 0) is 6.42 Å². The van der Waals surface area contributed by atoms with Crippen LogP contribution in [0.5, 0.6) is 11.5 Å². The van der Waals surface area contributed by atoms with E-state index >= 15 is 0 Å². The van der Waals surface area contributed by atoms with Gasteiger partial charge in [0, 0.05) is 24.3 Å². The van der Waals surface area contributed by atoms with Gasteiger partial charge >= 0.3 is 0 Å². The zero-order chi connectivity index (χ0) is 10.3. The molecule has 14 heavy (non-hydrogen) atoms. The fourth-order valence-corrected chi connectivity index (χ4v) is 1.97. The van der Waals surface area contributed by atoms with E-state index in [0.717, 1.165) is 24.2 Å². The second kappa shape index (κ2) is 3.08. The minimum atomic E-state index is -0.0312. The summed E-state index contributed by atoms with van der Waals surface area (Å²) in [5, 5.41) is 18.7. The van der Waals surface area contributed by atoms with E-state index < -0.39 is 0 Å². The van der Waals surface area contributed by atoms with Crippen LogP contribution >= 0.6 is 0 Å². The van der Waals surface area contributed by atoms with Gasteiger partial charge in [0.15, 0.2) is 11.5 Å². The molecule has 0 aliphatic carbocycles. The average Bonchev–Trinajstić information content (AvgIpc) is 2.48. The molecule has 0 aromatic heterocycles. The number of anilines is 1. The SMILES string of the molecule is CC(C)N1CCc2cc(O)c(O)cc21. The predicted molar refractivity (Wildman–Crippen MR) is 56.0 cm³/mol. The Morgan fingerprint density at radius 1 is 1.21 bits per heavy atom. The van der Waals surface area contributed by atoms with Crippen LogP contribution in [0.1, 0.15) is 19.4 Å². The Labute approximate surface area is 83.6 Å². The molecule has 1 aliphatic heterocycles. The van der Waals surface area contributed by atoms with E-state index in [-0.39, 0.29) is 11.5 Å². The fraction of sp³-hybridized carbons (Fsp3) is 0.455. The quantitative estimate of drug-likeness (QED) is 0.669. The molecule has 1 aromatic rings. The molecule has 1 heterocycles. The van der Waals surface area contributed by atoms with Crippen LogP contribution in [0, 0.1) is 0 Å². The molecule has 1 aromatic carbocycles. The molecule has 2 rings (SSSR count). The van der Waals surface area contributed by atoms with Gasteiger partial charge in [0.2, 0.25) is 0 Å². The van der Waals surface area contributed by atoms with Crippen molar-refractivity contribution >= 4 is 5.69 Å². The third-order valence-corrected chi connectivity index (χ3v) is 2.73. The first-order valence-corrected chi connectivity index (χ1v) is 4.91. The average molecular weight is 193 g/mol. The smallest absolute Gasteiger partial charge is 0.159 e. The Balaban J connectivity index is 2.45. The van der Waals surface area contributed by atoms with Gasteiger partial charge in [0.1, 0.15) is 0 Å². The third-order valence-electron chi connectivity index (χ3n) is 2.73. The van der Waals surface area contributed by atoms with E-state index in [0.29, 0.717) is 6.04 Å². The molecule has 0 saturated carbocycles. The first-order chi connectivity index (χ1) is 6.59. The van der Waals surface area contributed by atoms with Crippen LogP contribution in [0.3, 0.4) is 0 Å². The Hall–Kier alpha value is -1.38. The maximum Gasteiger partial charge on any atom is 0.159 e. The van der Waals surface area contributed by atoms with Crippen molar-refractivity contribution in [2.45, 2.75) is 26.3 Å². The van der Waals surface area contributed by atoms with E-state index in [1.54, 1.807) is 12.1 Å². The second-order valence-corrected chi connectivity index (χ2v) is 4.01. The van der Waals surface area contributed by atoms with E-state index in [2.05, 4.69) is 18.7 Å². The van der Waals surface area contributed by atoms with E-state index in [1.807, 2.05) is 0 Å². The lowest BCUT2D eigenvalue weighted by atomic mass is 10.1. The Bertz CT molecular complexity index is 361. The summed E-state index contributed by atoms with van der Waals surface area (Å²) < 4.78 is 0. The fourth-order valence-electron chi connectivity index (χ4n) is 1.97. The predicted octanol–water partition coefficient (Wildman–Crippen LogP) is 1.87. The molecule has 0 spiro atoms. The molecule has 0 unspecified atom stereocenters. The van der Waals surface area contributed by atoms with Gasteiger partial charge in [-0.2, -0.15) is 0 Å². The van der Waals surface area contributed by atoms with Crippen molar-refractivity contribution in [1.29, 1.82) is 0 Å². The van der Waals surface area contributed by atoms with Gasteiger partial charge in [-0.3, -0.25) is 0 Å². The zero-order valence-corrected chi connectivity index (χ0v) is 8.49. The highest BCUT2D eigenvalue weighted by atomic mass is 16.3. The molecule has 0 radical (unpaired) electrons. The Morgan fingerprint density at radius 3 is 2.50 bits per heavy atom. The highest BCUT2D eigenvalue weighted by Crippen LogP contribution is 2.37. The number of nitrogens with zero attached hydrogens (tertiary/aromatic N) is 1. The van der Waals surface area contributed by atoms with Crippen LogP contribution in [-0.4, -0.2) is 22.8 Å². The molecule has 3 heteroatoms. The summed E-state index contributed by atoms with van der Waals surface area (Å²) in [6.07, 6.45) is 0.946. The number of rotatable bonds is 1. The largest absolute Gasteiger partial charge is 0.504 e. The first kappa shape index (κ1) is 9.19. The van der Waals surface area contributed by atoms with Crippen molar-refractivity contribution in [3.05, 3.63) is 17.7 Å². The monoisotopic (exact) mass is 193 g/mol. The summed E-state index contributed by atoms with van der Waals surface area (Å²) in [7, 11) is 0. The van der Waals surface area contributed by atoms with Gasteiger partial charge < -0.3 is 15.1 Å². The van der Waals surface area contributed by atoms with Crippen LogP contribution in [0.4, 0.5) is 5.69 Å². The molecule has 0 saturated heterocycles. The number of benzene rings is 1. The van der Waals surface area contributed by atoms with Gasteiger partial charge in [-0.25, -0.2) is 0 Å². The minimum Gasteiger partial charge on any atom is -0.504 e. The lowest BCUT2D eigenvalue weighted by molar-refractivity contribution is 0.403. The molecule has 0 bridgehead atoms. The van der Waals surface area contributed by atoms with Crippen LogP contribution in [0.25, 0.3) is 0 Å². The summed E-state index contributed by atoms with van der Waals surface area (Å²) in [6, 6.07) is 3.74. The molecular formula is C11H15NO2. The summed E-state index contributed by atoms with van der Waals surface area (Å²) in [5.41, 5.74) is 2.17. The lowest BCUT2D eigenvalue weighted by Gasteiger charge is -2.24. The van der Waals surface area contributed by atoms with E-state index in [1.165, 1.54) is 0 Å². The Morgan fingerprint density at radius 2 is 1.86 bits per heavy atom. The highest BCUT2D eigenvalue weighted by Gasteiger charge is 2.22. The van der Waals surface area contributed by atoms with Crippen molar-refractivity contribution in [3.8, 4) is 11.5 Å². The number of hydrogen-bond donors (Lipinski definition) is 2. The number of hydrogen-bond acceptors (Lipinski definition) is 3. The highest BCUT2D eigenvalue weighted by molar-refractivity contribution is 5.64. The van der Waals surface area contributed by atoms with Crippen LogP contribution < -0.4 is 4.90 Å². The van der Waals surface area contributed by atoms with Crippen molar-refractivity contribution in [2.75, 3.05) is 11.4 Å². The number of fused-ring (bicyclic) bond motifs is 1. The maximum atomic E-state index is 9.41. The standard InChI is InChI=1S/C11H15NO2/c1-7(2)12-4-3-8-5-10(13)11(14)6-9(8)12/h5-7,13-14H,3-4H2,1-2H3. The number of phenols is 2.